The second kappa shape index (κ2) is 7.28. The molecule has 130 valence electrons. The molecule has 3 rings (SSSR count). The van der Waals surface area contributed by atoms with Crippen molar-refractivity contribution in [2.24, 2.45) is 0 Å². The van der Waals surface area contributed by atoms with Gasteiger partial charge in [0.05, 0.1) is 10.7 Å². The van der Waals surface area contributed by atoms with E-state index in [2.05, 4.69) is 24.1 Å². The van der Waals surface area contributed by atoms with Crippen LogP contribution in [0.4, 0.5) is 5.69 Å². The van der Waals surface area contributed by atoms with Crippen molar-refractivity contribution in [3.63, 3.8) is 0 Å². The monoisotopic (exact) mass is 355 g/mol. The van der Waals surface area contributed by atoms with E-state index in [4.69, 9.17) is 11.6 Å². The van der Waals surface area contributed by atoms with E-state index in [0.717, 1.165) is 47.4 Å². The summed E-state index contributed by atoms with van der Waals surface area (Å²) >= 11 is 6.13. The number of para-hydroxylation sites is 1. The lowest BCUT2D eigenvalue weighted by Gasteiger charge is -2.13. The number of rotatable bonds is 5. The first-order valence-corrected chi connectivity index (χ1v) is 8.99. The average molecular weight is 356 g/mol. The van der Waals surface area contributed by atoms with Gasteiger partial charge in [-0.25, -0.2) is 4.98 Å². The van der Waals surface area contributed by atoms with E-state index in [1.165, 1.54) is 0 Å². The van der Waals surface area contributed by atoms with Gasteiger partial charge in [0.2, 0.25) is 0 Å². The van der Waals surface area contributed by atoms with Gasteiger partial charge >= 0.3 is 0 Å². The Balaban J connectivity index is 2.08. The molecule has 25 heavy (non-hydrogen) atoms. The molecule has 4 nitrogen and oxygen atoms in total. The molecule has 0 atom stereocenters. The van der Waals surface area contributed by atoms with E-state index in [-0.39, 0.29) is 5.91 Å². The lowest BCUT2D eigenvalue weighted by atomic mass is 10.1. The largest absolute Gasteiger partial charge is 0.320 e. The fourth-order valence-corrected chi connectivity index (χ4v) is 3.25. The quantitative estimate of drug-likeness (QED) is 0.695. The molecule has 2 heterocycles. The third-order valence-electron chi connectivity index (χ3n) is 4.34. The molecule has 0 aliphatic heterocycles. The molecule has 1 N–H and O–H groups in total. The normalized spacial score (nSPS) is 11.0. The zero-order chi connectivity index (χ0) is 18.0. The molecule has 0 aliphatic rings. The van der Waals surface area contributed by atoms with Crippen molar-refractivity contribution in [3.05, 3.63) is 64.1 Å². The summed E-state index contributed by atoms with van der Waals surface area (Å²) in [5.41, 5.74) is 5.15. The number of nitrogens with zero attached hydrogens (tertiary/aromatic N) is 2. The number of nitrogens with one attached hydrogen (secondary N) is 1. The number of pyridine rings is 1. The summed E-state index contributed by atoms with van der Waals surface area (Å²) in [6, 6.07) is 9.69. The molecule has 0 fully saturated rings. The summed E-state index contributed by atoms with van der Waals surface area (Å²) in [5, 5.41) is 3.68. The van der Waals surface area contributed by atoms with Crippen molar-refractivity contribution in [2.45, 2.75) is 40.0 Å². The number of imidazole rings is 1. The first-order valence-electron chi connectivity index (χ1n) is 8.61. The molecular weight excluding hydrogens is 334 g/mol. The highest BCUT2D eigenvalue weighted by Crippen LogP contribution is 2.24. The van der Waals surface area contributed by atoms with Crippen molar-refractivity contribution < 1.29 is 4.79 Å². The zero-order valence-electron chi connectivity index (χ0n) is 14.8. The predicted molar refractivity (Wildman–Crippen MR) is 103 cm³/mol. The van der Waals surface area contributed by atoms with Crippen molar-refractivity contribution in [2.75, 3.05) is 5.32 Å². The second-order valence-corrected chi connectivity index (χ2v) is 6.59. The number of fused-ring (bicyclic) bond motifs is 1. The Morgan fingerprint density at radius 3 is 2.76 bits per heavy atom. The molecule has 0 unspecified atom stereocenters. The highest BCUT2D eigenvalue weighted by Gasteiger charge is 2.20. The molecule has 0 radical (unpaired) electrons. The minimum absolute atomic E-state index is 0.151. The fraction of sp³-hybridized carbons (Fsp3) is 0.300. The Hall–Kier alpha value is -2.33. The summed E-state index contributed by atoms with van der Waals surface area (Å²) in [7, 11) is 0. The number of aryl methyl sites for hydroxylation is 3. The maximum absolute atomic E-state index is 13.1. The maximum atomic E-state index is 13.1. The number of amides is 1. The van der Waals surface area contributed by atoms with Crippen LogP contribution in [0, 0.1) is 6.92 Å². The van der Waals surface area contributed by atoms with E-state index in [1.54, 1.807) is 16.7 Å². The highest BCUT2D eigenvalue weighted by molar-refractivity contribution is 6.30. The standard InChI is InChI=1S/C20H22ClN3O/c1-4-7-16-19(24-12-15(21)10-11-17(24)22-16)20(25)23-18-13(3)8-6-9-14(18)5-2/h6,8-12H,4-5,7H2,1-3H3,(H,23,25). The fourth-order valence-electron chi connectivity index (χ4n) is 3.09. The number of carbonyl (C=O) groups excluding carboxylic acids is 1. The summed E-state index contributed by atoms with van der Waals surface area (Å²) in [6.45, 7) is 6.17. The number of hydrogen-bond acceptors (Lipinski definition) is 2. The third kappa shape index (κ3) is 3.40. The Morgan fingerprint density at radius 2 is 2.04 bits per heavy atom. The topological polar surface area (TPSA) is 46.4 Å². The highest BCUT2D eigenvalue weighted by atomic mass is 35.5. The van der Waals surface area contributed by atoms with Gasteiger partial charge in [-0.3, -0.25) is 9.20 Å². The van der Waals surface area contributed by atoms with E-state index >= 15 is 0 Å². The van der Waals surface area contributed by atoms with E-state index in [1.807, 2.05) is 31.2 Å². The van der Waals surface area contributed by atoms with Crippen LogP contribution in [0.3, 0.4) is 0 Å². The van der Waals surface area contributed by atoms with Gasteiger partial charge < -0.3 is 5.32 Å². The number of hydrogen-bond donors (Lipinski definition) is 1. The van der Waals surface area contributed by atoms with Crippen molar-refractivity contribution in [1.82, 2.24) is 9.38 Å². The van der Waals surface area contributed by atoms with Gasteiger partial charge in [0.25, 0.3) is 5.91 Å². The van der Waals surface area contributed by atoms with E-state index in [0.29, 0.717) is 10.7 Å². The minimum atomic E-state index is -0.151. The lowest BCUT2D eigenvalue weighted by molar-refractivity contribution is 0.102. The molecule has 3 aromatic rings. The average Bonchev–Trinajstić information content (AvgIpc) is 2.94. The van der Waals surface area contributed by atoms with Gasteiger partial charge in [-0.05, 0) is 43.0 Å². The first-order chi connectivity index (χ1) is 12.0. The number of carbonyl (C=O) groups is 1. The third-order valence-corrected chi connectivity index (χ3v) is 4.56. The minimum Gasteiger partial charge on any atom is -0.320 e. The van der Waals surface area contributed by atoms with Crippen LogP contribution >= 0.6 is 11.6 Å². The predicted octanol–water partition coefficient (Wildman–Crippen LogP) is 5.06. The Morgan fingerprint density at radius 1 is 1.24 bits per heavy atom. The van der Waals surface area contributed by atoms with Crippen LogP contribution in [0.2, 0.25) is 5.02 Å². The molecule has 0 bridgehead atoms. The molecule has 0 spiro atoms. The van der Waals surface area contributed by atoms with Crippen LogP contribution in [-0.4, -0.2) is 15.3 Å². The van der Waals surface area contributed by atoms with Crippen LogP contribution in [0.5, 0.6) is 0 Å². The van der Waals surface area contributed by atoms with Crippen LogP contribution in [0.25, 0.3) is 5.65 Å². The van der Waals surface area contributed by atoms with E-state index < -0.39 is 0 Å². The van der Waals surface area contributed by atoms with Gasteiger partial charge in [-0.2, -0.15) is 0 Å². The number of anilines is 1. The van der Waals surface area contributed by atoms with Crippen molar-refractivity contribution >= 4 is 28.8 Å². The van der Waals surface area contributed by atoms with Crippen LogP contribution in [0.1, 0.15) is 47.6 Å². The molecule has 0 aliphatic carbocycles. The smallest absolute Gasteiger partial charge is 0.274 e. The molecule has 5 heteroatoms. The Bertz CT molecular complexity index is 930. The summed E-state index contributed by atoms with van der Waals surface area (Å²) in [5.74, 6) is -0.151. The van der Waals surface area contributed by atoms with Gasteiger partial charge in [0.15, 0.2) is 0 Å². The molecular formula is C20H22ClN3O. The van der Waals surface area contributed by atoms with Gasteiger partial charge in [0.1, 0.15) is 11.3 Å². The van der Waals surface area contributed by atoms with Crippen molar-refractivity contribution in [3.8, 4) is 0 Å². The number of halogens is 1. The molecule has 1 amide bonds. The molecule has 0 saturated carbocycles. The maximum Gasteiger partial charge on any atom is 0.274 e. The molecule has 2 aromatic heterocycles. The van der Waals surface area contributed by atoms with Crippen LogP contribution < -0.4 is 5.32 Å². The van der Waals surface area contributed by atoms with E-state index in [9.17, 15) is 4.79 Å². The Labute approximate surface area is 152 Å². The first kappa shape index (κ1) is 17.5. The van der Waals surface area contributed by atoms with Crippen LogP contribution in [-0.2, 0) is 12.8 Å². The second-order valence-electron chi connectivity index (χ2n) is 6.15. The van der Waals surface area contributed by atoms with Gasteiger partial charge in [-0.1, -0.05) is 50.1 Å². The number of aromatic nitrogens is 2. The SMILES string of the molecule is CCCc1nc2ccc(Cl)cn2c1C(=O)Nc1c(C)cccc1CC. The molecule has 0 saturated heterocycles. The summed E-state index contributed by atoms with van der Waals surface area (Å²) in [4.78, 5) is 17.7. The zero-order valence-corrected chi connectivity index (χ0v) is 15.5. The van der Waals surface area contributed by atoms with Crippen molar-refractivity contribution in [1.29, 1.82) is 0 Å². The Kier molecular flexibility index (Phi) is 5.09. The molecule has 1 aromatic carbocycles. The summed E-state index contributed by atoms with van der Waals surface area (Å²) in [6.07, 6.45) is 4.27. The summed E-state index contributed by atoms with van der Waals surface area (Å²) < 4.78 is 1.78. The number of benzene rings is 1. The van der Waals surface area contributed by atoms with Gasteiger partial charge in [-0.15, -0.1) is 0 Å². The lowest BCUT2D eigenvalue weighted by Crippen LogP contribution is -2.18. The van der Waals surface area contributed by atoms with Crippen LogP contribution in [0.15, 0.2) is 36.5 Å². The van der Waals surface area contributed by atoms with Gasteiger partial charge in [0, 0.05) is 11.9 Å².